The molecule has 0 radical (unpaired) electrons. The van der Waals surface area contributed by atoms with Gasteiger partial charge in [-0.3, -0.25) is 19.2 Å². The average Bonchev–Trinajstić information content (AvgIpc) is 2.53. The maximum absolute atomic E-state index is 10.8. The van der Waals surface area contributed by atoms with E-state index < -0.39 is 29.3 Å². The van der Waals surface area contributed by atoms with E-state index in [4.69, 9.17) is 20.4 Å². The Morgan fingerprint density at radius 1 is 0.654 bits per heavy atom. The van der Waals surface area contributed by atoms with Crippen LogP contribution in [0.5, 0.6) is 0 Å². The first kappa shape index (κ1) is 23.9. The molecule has 8 heteroatoms. The number of carbonyl (C=O) groups is 4. The minimum atomic E-state index is -0.924. The second-order valence-corrected chi connectivity index (χ2v) is 7.22. The van der Waals surface area contributed by atoms with Crippen molar-refractivity contribution in [3.63, 3.8) is 0 Å². The third kappa shape index (κ3) is 13.2. The lowest BCUT2D eigenvalue weighted by atomic mass is 9.76. The molecular weight excluding hydrogens is 344 g/mol. The molecule has 0 rings (SSSR count). The molecule has 4 N–H and O–H groups in total. The average molecular weight is 374 g/mol. The zero-order chi connectivity index (χ0) is 20.2. The first-order valence-corrected chi connectivity index (χ1v) is 8.91. The molecule has 0 aliphatic heterocycles. The normalized spacial score (nSPS) is 11.5. The monoisotopic (exact) mass is 374 g/mol. The van der Waals surface area contributed by atoms with E-state index in [0.29, 0.717) is 44.9 Å². The van der Waals surface area contributed by atoms with Crippen molar-refractivity contribution in [3.8, 4) is 0 Å². The molecule has 0 fully saturated rings. The Hall–Kier alpha value is -2.12. The van der Waals surface area contributed by atoms with Crippen LogP contribution in [-0.4, -0.2) is 44.3 Å². The largest absolute Gasteiger partial charge is 0.481 e. The zero-order valence-electron chi connectivity index (χ0n) is 15.3. The smallest absolute Gasteiger partial charge is 0.303 e. The molecule has 0 heterocycles. The Labute approximate surface area is 153 Å². The zero-order valence-corrected chi connectivity index (χ0v) is 15.3. The number of hydrogen-bond acceptors (Lipinski definition) is 4. The van der Waals surface area contributed by atoms with Crippen LogP contribution in [-0.2, 0) is 19.2 Å². The molecule has 0 aromatic rings. The summed E-state index contributed by atoms with van der Waals surface area (Å²) in [5.41, 5.74) is -0.416. The van der Waals surface area contributed by atoms with E-state index in [1.54, 1.807) is 0 Å². The van der Waals surface area contributed by atoms with Crippen LogP contribution < -0.4 is 0 Å². The highest BCUT2D eigenvalue weighted by atomic mass is 16.4. The molecule has 0 aliphatic rings. The van der Waals surface area contributed by atoms with Crippen molar-refractivity contribution in [2.75, 3.05) is 0 Å². The summed E-state index contributed by atoms with van der Waals surface area (Å²) in [4.78, 5) is 43.2. The molecule has 0 unspecified atom stereocenters. The van der Waals surface area contributed by atoms with Gasteiger partial charge in [0.25, 0.3) is 0 Å². The van der Waals surface area contributed by atoms with Gasteiger partial charge in [0.15, 0.2) is 0 Å². The van der Waals surface area contributed by atoms with Crippen LogP contribution in [0.25, 0.3) is 0 Å². The molecular formula is C18H30O8. The summed E-state index contributed by atoms with van der Waals surface area (Å²) >= 11 is 0. The quantitative estimate of drug-likeness (QED) is 0.321. The van der Waals surface area contributed by atoms with Crippen molar-refractivity contribution in [1.29, 1.82) is 0 Å². The van der Waals surface area contributed by atoms with Gasteiger partial charge in [-0.15, -0.1) is 0 Å². The summed E-state index contributed by atoms with van der Waals surface area (Å²) in [6.07, 6.45) is 3.44. The number of carboxylic acids is 4. The molecule has 150 valence electrons. The lowest BCUT2D eigenvalue weighted by Gasteiger charge is -2.29. The Kier molecular flexibility index (Phi) is 11.3. The van der Waals surface area contributed by atoms with Gasteiger partial charge < -0.3 is 20.4 Å². The van der Waals surface area contributed by atoms with Gasteiger partial charge in [0.1, 0.15) is 0 Å². The van der Waals surface area contributed by atoms with Crippen molar-refractivity contribution >= 4 is 23.9 Å². The summed E-state index contributed by atoms with van der Waals surface area (Å²) in [7, 11) is 0. The molecule has 0 saturated heterocycles. The van der Waals surface area contributed by atoms with E-state index in [-0.39, 0.29) is 31.6 Å². The van der Waals surface area contributed by atoms with E-state index in [1.165, 1.54) is 0 Å². The number of aliphatic carboxylic acids is 4. The minimum Gasteiger partial charge on any atom is -0.481 e. The molecule has 0 aromatic carbocycles. The molecule has 0 amide bonds. The molecule has 26 heavy (non-hydrogen) atoms. The molecule has 0 saturated carbocycles. The number of rotatable bonds is 16. The maximum Gasteiger partial charge on any atom is 0.303 e. The van der Waals surface area contributed by atoms with E-state index in [1.807, 2.05) is 6.92 Å². The first-order valence-electron chi connectivity index (χ1n) is 8.91. The van der Waals surface area contributed by atoms with Gasteiger partial charge in [-0.2, -0.15) is 0 Å². The van der Waals surface area contributed by atoms with Gasteiger partial charge in [0.2, 0.25) is 0 Å². The predicted octanol–water partition coefficient (Wildman–Crippen LogP) is 3.24. The lowest BCUT2D eigenvalue weighted by molar-refractivity contribution is -0.139. The standard InChI is InChI=1S/C18H30O8/c1-18(11-8-16(23)24,12-9-17(25)26)10-2-3-13(4-6-14(19)20)5-7-15(21)22/h13H,2-12H2,1H3,(H,19,20)(H,21,22)(H,23,24)(H,25,26). The molecule has 8 nitrogen and oxygen atoms in total. The van der Waals surface area contributed by atoms with Crippen LogP contribution in [0.2, 0.25) is 0 Å². The number of hydrogen-bond donors (Lipinski definition) is 4. The Morgan fingerprint density at radius 2 is 1.04 bits per heavy atom. The maximum atomic E-state index is 10.8. The van der Waals surface area contributed by atoms with Crippen molar-refractivity contribution in [3.05, 3.63) is 0 Å². The highest BCUT2D eigenvalue weighted by molar-refractivity contribution is 5.68. The van der Waals surface area contributed by atoms with Gasteiger partial charge in [-0.25, -0.2) is 0 Å². The lowest BCUT2D eigenvalue weighted by Crippen LogP contribution is -2.20. The van der Waals surface area contributed by atoms with Crippen molar-refractivity contribution in [2.24, 2.45) is 11.3 Å². The molecule has 0 aromatic heterocycles. The van der Waals surface area contributed by atoms with Crippen molar-refractivity contribution < 1.29 is 39.6 Å². The van der Waals surface area contributed by atoms with E-state index in [9.17, 15) is 19.2 Å². The number of carboxylic acid groups (broad SMARTS) is 4. The van der Waals surface area contributed by atoms with Crippen molar-refractivity contribution in [2.45, 2.75) is 77.6 Å². The predicted molar refractivity (Wildman–Crippen MR) is 92.9 cm³/mol. The van der Waals surface area contributed by atoms with Crippen LogP contribution in [0, 0.1) is 11.3 Å². The second kappa shape index (κ2) is 12.3. The first-order chi connectivity index (χ1) is 12.0. The van der Waals surface area contributed by atoms with E-state index >= 15 is 0 Å². The Morgan fingerprint density at radius 3 is 1.38 bits per heavy atom. The summed E-state index contributed by atoms with van der Waals surface area (Å²) in [5, 5.41) is 35.4. The van der Waals surface area contributed by atoms with E-state index in [2.05, 4.69) is 0 Å². The van der Waals surface area contributed by atoms with Gasteiger partial charge in [-0.05, 0) is 43.4 Å². The fourth-order valence-corrected chi connectivity index (χ4v) is 3.10. The molecule has 0 spiro atoms. The van der Waals surface area contributed by atoms with Gasteiger partial charge in [-0.1, -0.05) is 19.8 Å². The van der Waals surface area contributed by atoms with Crippen LogP contribution in [0.1, 0.15) is 77.6 Å². The summed E-state index contributed by atoms with van der Waals surface area (Å²) < 4.78 is 0. The van der Waals surface area contributed by atoms with Crippen molar-refractivity contribution in [1.82, 2.24) is 0 Å². The fraction of sp³-hybridized carbons (Fsp3) is 0.778. The van der Waals surface area contributed by atoms with Gasteiger partial charge >= 0.3 is 23.9 Å². The van der Waals surface area contributed by atoms with E-state index in [0.717, 1.165) is 0 Å². The summed E-state index contributed by atoms with van der Waals surface area (Å²) in [6, 6.07) is 0. The van der Waals surface area contributed by atoms with Crippen LogP contribution in [0.3, 0.4) is 0 Å². The topological polar surface area (TPSA) is 149 Å². The SMILES string of the molecule is CC(CCCC(CCC(=O)O)CCC(=O)O)(CCC(=O)O)CCC(=O)O. The van der Waals surface area contributed by atoms with Gasteiger partial charge in [0, 0.05) is 25.7 Å². The highest BCUT2D eigenvalue weighted by Crippen LogP contribution is 2.36. The highest BCUT2D eigenvalue weighted by Gasteiger charge is 2.26. The summed E-state index contributed by atoms with van der Waals surface area (Å²) in [5.74, 6) is -3.71. The molecule has 0 atom stereocenters. The molecule has 0 aliphatic carbocycles. The summed E-state index contributed by atoms with van der Waals surface area (Å²) in [6.45, 7) is 1.88. The minimum absolute atomic E-state index is 0.0143. The van der Waals surface area contributed by atoms with Crippen LogP contribution in [0.15, 0.2) is 0 Å². The fourth-order valence-electron chi connectivity index (χ4n) is 3.10. The Bertz CT molecular complexity index is 450. The second-order valence-electron chi connectivity index (χ2n) is 7.22. The van der Waals surface area contributed by atoms with Crippen LogP contribution >= 0.6 is 0 Å². The third-order valence-electron chi connectivity index (χ3n) is 4.81. The van der Waals surface area contributed by atoms with Gasteiger partial charge in [0.05, 0.1) is 0 Å². The van der Waals surface area contributed by atoms with Crippen LogP contribution in [0.4, 0.5) is 0 Å². The Balaban J connectivity index is 4.65. The molecule has 0 bridgehead atoms. The third-order valence-corrected chi connectivity index (χ3v) is 4.81.